The minimum atomic E-state index is -1.14. The Labute approximate surface area is 77.3 Å². The number of rotatable bonds is 1. The van der Waals surface area contributed by atoms with Gasteiger partial charge >= 0.3 is 0 Å². The third-order valence-corrected chi connectivity index (χ3v) is 2.21. The first-order chi connectivity index (χ1) is 6.31. The van der Waals surface area contributed by atoms with Crippen molar-refractivity contribution in [2.24, 2.45) is 0 Å². The lowest BCUT2D eigenvalue weighted by Crippen LogP contribution is -2.47. The van der Waals surface area contributed by atoms with Crippen molar-refractivity contribution in [2.45, 2.75) is 5.79 Å². The fourth-order valence-corrected chi connectivity index (χ4v) is 1.48. The van der Waals surface area contributed by atoms with E-state index in [1.807, 2.05) is 30.3 Å². The molecule has 0 aliphatic carbocycles. The normalized spacial score (nSPS) is 28.7. The van der Waals surface area contributed by atoms with E-state index in [2.05, 4.69) is 5.32 Å². The molecule has 3 nitrogen and oxygen atoms in total. The monoisotopic (exact) mass is 179 g/mol. The van der Waals surface area contributed by atoms with E-state index in [1.54, 1.807) is 0 Å². The van der Waals surface area contributed by atoms with E-state index < -0.39 is 5.79 Å². The molecule has 3 heteroatoms. The van der Waals surface area contributed by atoms with Crippen LogP contribution < -0.4 is 5.32 Å². The molecule has 2 N–H and O–H groups in total. The highest BCUT2D eigenvalue weighted by Gasteiger charge is 2.31. The highest BCUT2D eigenvalue weighted by atomic mass is 16.6. The molecule has 1 aliphatic heterocycles. The minimum absolute atomic E-state index is 0.455. The molecule has 2 rings (SSSR count). The maximum atomic E-state index is 10.1. The van der Waals surface area contributed by atoms with Crippen molar-refractivity contribution < 1.29 is 9.84 Å². The molecule has 0 aromatic heterocycles. The summed E-state index contributed by atoms with van der Waals surface area (Å²) in [4.78, 5) is 0. The molecule has 0 radical (unpaired) electrons. The molecule has 0 amide bonds. The Bertz CT molecular complexity index is 268. The van der Waals surface area contributed by atoms with Crippen molar-refractivity contribution >= 4 is 0 Å². The molecule has 0 saturated carbocycles. The number of ether oxygens (including phenoxy) is 1. The summed E-state index contributed by atoms with van der Waals surface area (Å²) in [7, 11) is 0. The van der Waals surface area contributed by atoms with Crippen molar-refractivity contribution in [3.63, 3.8) is 0 Å². The standard InChI is InChI=1S/C10H13NO2/c12-10(8-11-6-7-13-10)9-4-2-1-3-5-9/h1-5,11-12H,6-8H2. The maximum Gasteiger partial charge on any atom is 0.205 e. The molecule has 1 fully saturated rings. The van der Waals surface area contributed by atoms with E-state index in [-0.39, 0.29) is 0 Å². The van der Waals surface area contributed by atoms with Crippen molar-refractivity contribution in [1.29, 1.82) is 0 Å². The first-order valence-electron chi connectivity index (χ1n) is 4.44. The molecule has 1 atom stereocenters. The second kappa shape index (κ2) is 3.46. The molecule has 1 aromatic carbocycles. The summed E-state index contributed by atoms with van der Waals surface area (Å²) in [6.07, 6.45) is 0. The number of hydrogen-bond acceptors (Lipinski definition) is 3. The van der Waals surface area contributed by atoms with Gasteiger partial charge in [0.1, 0.15) is 0 Å². The second-order valence-corrected chi connectivity index (χ2v) is 3.18. The molecular formula is C10H13NO2. The number of hydrogen-bond donors (Lipinski definition) is 2. The Kier molecular flexibility index (Phi) is 2.31. The van der Waals surface area contributed by atoms with E-state index in [0.29, 0.717) is 13.2 Å². The van der Waals surface area contributed by atoms with Crippen LogP contribution in [0.2, 0.25) is 0 Å². The zero-order chi connectivity index (χ0) is 9.15. The molecule has 1 aromatic rings. The number of nitrogens with one attached hydrogen (secondary N) is 1. The molecule has 0 bridgehead atoms. The highest BCUT2D eigenvalue weighted by Crippen LogP contribution is 2.23. The summed E-state index contributed by atoms with van der Waals surface area (Å²) in [5.74, 6) is -1.14. The van der Waals surface area contributed by atoms with Crippen LogP contribution in [0.4, 0.5) is 0 Å². The Hall–Kier alpha value is -0.900. The van der Waals surface area contributed by atoms with Crippen LogP contribution in [0.15, 0.2) is 30.3 Å². The summed E-state index contributed by atoms with van der Waals surface area (Å²) in [6, 6.07) is 9.44. The fourth-order valence-electron chi connectivity index (χ4n) is 1.48. The van der Waals surface area contributed by atoms with E-state index in [9.17, 15) is 5.11 Å². The van der Waals surface area contributed by atoms with Gasteiger partial charge in [0.15, 0.2) is 0 Å². The summed E-state index contributed by atoms with van der Waals surface area (Å²) in [5.41, 5.74) is 0.808. The van der Waals surface area contributed by atoms with Gasteiger partial charge in [-0.1, -0.05) is 30.3 Å². The number of morpholine rings is 1. The van der Waals surface area contributed by atoms with Crippen molar-refractivity contribution in [3.8, 4) is 0 Å². The molecule has 1 aliphatic rings. The van der Waals surface area contributed by atoms with Crippen LogP contribution in [-0.4, -0.2) is 24.8 Å². The summed E-state index contributed by atoms with van der Waals surface area (Å²) in [5, 5.41) is 13.2. The van der Waals surface area contributed by atoms with Gasteiger partial charge in [-0.25, -0.2) is 0 Å². The predicted molar refractivity (Wildman–Crippen MR) is 49.2 cm³/mol. The van der Waals surface area contributed by atoms with Gasteiger partial charge in [0.25, 0.3) is 0 Å². The van der Waals surface area contributed by atoms with Gasteiger partial charge in [-0.15, -0.1) is 0 Å². The molecule has 13 heavy (non-hydrogen) atoms. The Balaban J connectivity index is 2.23. The van der Waals surface area contributed by atoms with E-state index in [0.717, 1.165) is 12.1 Å². The van der Waals surface area contributed by atoms with Crippen LogP contribution in [-0.2, 0) is 10.5 Å². The average Bonchev–Trinajstić information content (AvgIpc) is 2.20. The van der Waals surface area contributed by atoms with E-state index >= 15 is 0 Å². The lowest BCUT2D eigenvalue weighted by molar-refractivity contribution is -0.222. The number of aliphatic hydroxyl groups is 1. The SMILES string of the molecule is OC1(c2ccccc2)CNCCO1. The smallest absolute Gasteiger partial charge is 0.205 e. The van der Waals surface area contributed by atoms with Crippen molar-refractivity contribution in [2.75, 3.05) is 19.7 Å². The van der Waals surface area contributed by atoms with Crippen LogP contribution in [0.1, 0.15) is 5.56 Å². The van der Waals surface area contributed by atoms with Gasteiger partial charge in [0.05, 0.1) is 13.2 Å². The third kappa shape index (κ3) is 1.72. The Morgan fingerprint density at radius 3 is 2.69 bits per heavy atom. The van der Waals surface area contributed by atoms with Gasteiger partial charge in [-0.05, 0) is 0 Å². The number of benzene rings is 1. The van der Waals surface area contributed by atoms with Gasteiger partial charge in [0, 0.05) is 12.1 Å². The molecule has 0 spiro atoms. The van der Waals surface area contributed by atoms with Gasteiger partial charge < -0.3 is 15.2 Å². The maximum absolute atomic E-state index is 10.1. The molecule has 1 unspecified atom stereocenters. The molecule has 70 valence electrons. The first-order valence-corrected chi connectivity index (χ1v) is 4.44. The average molecular weight is 179 g/mol. The highest BCUT2D eigenvalue weighted by molar-refractivity contribution is 5.20. The zero-order valence-corrected chi connectivity index (χ0v) is 7.36. The van der Waals surface area contributed by atoms with Gasteiger partial charge in [-0.2, -0.15) is 0 Å². The van der Waals surface area contributed by atoms with E-state index in [4.69, 9.17) is 4.74 Å². The molecule has 1 saturated heterocycles. The molecule has 1 heterocycles. The fraction of sp³-hybridized carbons (Fsp3) is 0.400. The largest absolute Gasteiger partial charge is 0.361 e. The minimum Gasteiger partial charge on any atom is -0.361 e. The quantitative estimate of drug-likeness (QED) is 0.657. The first kappa shape index (κ1) is 8.69. The predicted octanol–water partition coefficient (Wildman–Crippen LogP) is 0.451. The van der Waals surface area contributed by atoms with Gasteiger partial charge in [0.2, 0.25) is 5.79 Å². The van der Waals surface area contributed by atoms with Crippen LogP contribution in [0.5, 0.6) is 0 Å². The summed E-state index contributed by atoms with van der Waals surface area (Å²) >= 11 is 0. The summed E-state index contributed by atoms with van der Waals surface area (Å²) in [6.45, 7) is 1.80. The summed E-state index contributed by atoms with van der Waals surface area (Å²) < 4.78 is 5.34. The van der Waals surface area contributed by atoms with Crippen LogP contribution >= 0.6 is 0 Å². The molecular weight excluding hydrogens is 166 g/mol. The van der Waals surface area contributed by atoms with Crippen LogP contribution in [0.3, 0.4) is 0 Å². The van der Waals surface area contributed by atoms with Gasteiger partial charge in [-0.3, -0.25) is 0 Å². The van der Waals surface area contributed by atoms with Crippen molar-refractivity contribution in [1.82, 2.24) is 5.32 Å². The topological polar surface area (TPSA) is 41.5 Å². The number of β-amino-alcohol motifs (C(OH)–C–C–N with tert-alkyl or cyclic N) is 1. The second-order valence-electron chi connectivity index (χ2n) is 3.18. The van der Waals surface area contributed by atoms with E-state index in [1.165, 1.54) is 0 Å². The Morgan fingerprint density at radius 1 is 1.31 bits per heavy atom. The lowest BCUT2D eigenvalue weighted by Gasteiger charge is -2.32. The van der Waals surface area contributed by atoms with Crippen LogP contribution in [0, 0.1) is 0 Å². The lowest BCUT2D eigenvalue weighted by atomic mass is 10.1. The zero-order valence-electron chi connectivity index (χ0n) is 7.36. The van der Waals surface area contributed by atoms with Crippen LogP contribution in [0.25, 0.3) is 0 Å². The Morgan fingerprint density at radius 2 is 2.08 bits per heavy atom. The van der Waals surface area contributed by atoms with Crippen molar-refractivity contribution in [3.05, 3.63) is 35.9 Å². The third-order valence-electron chi connectivity index (χ3n) is 2.21.